The molecule has 2 aromatic rings. The Balaban J connectivity index is 2.19. The van der Waals surface area contributed by atoms with Crippen molar-refractivity contribution in [2.75, 3.05) is 5.32 Å². The number of carbonyl (C=O) groups is 2. The number of pyridine rings is 1. The summed E-state index contributed by atoms with van der Waals surface area (Å²) in [6.45, 7) is 0. The van der Waals surface area contributed by atoms with E-state index in [-0.39, 0.29) is 17.2 Å². The highest BCUT2D eigenvalue weighted by atomic mass is 16.4. The predicted molar refractivity (Wildman–Crippen MR) is 60.6 cm³/mol. The molecule has 0 aliphatic heterocycles. The molecule has 0 radical (unpaired) electrons. The highest BCUT2D eigenvalue weighted by Crippen LogP contribution is 2.06. The molecule has 0 aromatic carbocycles. The summed E-state index contributed by atoms with van der Waals surface area (Å²) in [6, 6.07) is 4.19. The number of H-pyrrole nitrogens is 2. The first kappa shape index (κ1) is 11.6. The fourth-order valence-corrected chi connectivity index (χ4v) is 1.26. The number of carboxylic acids is 1. The molecule has 8 nitrogen and oxygen atoms in total. The van der Waals surface area contributed by atoms with Gasteiger partial charge in [-0.1, -0.05) is 6.07 Å². The van der Waals surface area contributed by atoms with Crippen LogP contribution in [0, 0.1) is 0 Å². The van der Waals surface area contributed by atoms with Crippen molar-refractivity contribution in [3.05, 3.63) is 46.3 Å². The van der Waals surface area contributed by atoms with Gasteiger partial charge in [-0.3, -0.25) is 4.79 Å². The molecule has 18 heavy (non-hydrogen) atoms. The van der Waals surface area contributed by atoms with Crippen LogP contribution < -0.4 is 11.0 Å². The Morgan fingerprint density at radius 1 is 1.33 bits per heavy atom. The molecular weight excluding hydrogens is 240 g/mol. The van der Waals surface area contributed by atoms with Crippen LogP contribution in [-0.2, 0) is 0 Å². The van der Waals surface area contributed by atoms with Crippen LogP contribution in [-0.4, -0.2) is 31.9 Å². The van der Waals surface area contributed by atoms with Gasteiger partial charge in [0, 0.05) is 6.20 Å². The van der Waals surface area contributed by atoms with Crippen LogP contribution in [0.5, 0.6) is 0 Å². The molecule has 92 valence electrons. The van der Waals surface area contributed by atoms with E-state index in [1.54, 1.807) is 0 Å². The number of hydrogen-bond donors (Lipinski definition) is 4. The van der Waals surface area contributed by atoms with Crippen LogP contribution in [0.4, 0.5) is 5.82 Å². The largest absolute Gasteiger partial charge is 0.477 e. The summed E-state index contributed by atoms with van der Waals surface area (Å²) in [5, 5.41) is 11.1. The van der Waals surface area contributed by atoms with Gasteiger partial charge in [-0.15, -0.1) is 0 Å². The first-order valence-corrected chi connectivity index (χ1v) is 4.85. The lowest BCUT2D eigenvalue weighted by Crippen LogP contribution is -2.15. The molecule has 1 amide bonds. The van der Waals surface area contributed by atoms with E-state index in [4.69, 9.17) is 5.11 Å². The van der Waals surface area contributed by atoms with E-state index in [0.717, 1.165) is 0 Å². The van der Waals surface area contributed by atoms with Crippen molar-refractivity contribution in [1.82, 2.24) is 15.0 Å². The standard InChI is InChI=1S/C10H8N4O4/c15-8(6-4-11-10(18)13-6)14-7-3-1-2-5(12-7)9(16)17/h1-4H,(H,16,17)(H2,11,13,18)(H,12,14,15). The average molecular weight is 248 g/mol. The van der Waals surface area contributed by atoms with Crippen LogP contribution in [0.3, 0.4) is 0 Å². The summed E-state index contributed by atoms with van der Waals surface area (Å²) in [7, 11) is 0. The minimum absolute atomic E-state index is 0.0301. The van der Waals surface area contributed by atoms with E-state index in [1.165, 1.54) is 24.4 Å². The van der Waals surface area contributed by atoms with Crippen molar-refractivity contribution in [2.24, 2.45) is 0 Å². The second kappa shape index (κ2) is 4.53. The molecule has 0 aliphatic carbocycles. The van der Waals surface area contributed by atoms with Crippen molar-refractivity contribution in [3.63, 3.8) is 0 Å². The molecule has 0 atom stereocenters. The van der Waals surface area contributed by atoms with Crippen LogP contribution in [0.2, 0.25) is 0 Å². The number of carboxylic acid groups (broad SMARTS) is 1. The number of rotatable bonds is 3. The molecular formula is C10H8N4O4. The zero-order valence-corrected chi connectivity index (χ0v) is 8.93. The second-order valence-electron chi connectivity index (χ2n) is 3.32. The van der Waals surface area contributed by atoms with Crippen LogP contribution in [0.1, 0.15) is 21.0 Å². The van der Waals surface area contributed by atoms with E-state index in [2.05, 4.69) is 20.3 Å². The minimum Gasteiger partial charge on any atom is -0.477 e. The van der Waals surface area contributed by atoms with E-state index in [1.807, 2.05) is 0 Å². The first-order valence-electron chi connectivity index (χ1n) is 4.85. The lowest BCUT2D eigenvalue weighted by molar-refractivity contribution is 0.0690. The summed E-state index contributed by atoms with van der Waals surface area (Å²) in [4.78, 5) is 41.4. The average Bonchev–Trinajstić information content (AvgIpc) is 2.76. The van der Waals surface area contributed by atoms with Crippen molar-refractivity contribution >= 4 is 17.7 Å². The van der Waals surface area contributed by atoms with Gasteiger partial charge < -0.3 is 20.4 Å². The van der Waals surface area contributed by atoms with Gasteiger partial charge in [0.2, 0.25) is 0 Å². The highest BCUT2D eigenvalue weighted by Gasteiger charge is 2.10. The monoisotopic (exact) mass is 248 g/mol. The fourth-order valence-electron chi connectivity index (χ4n) is 1.26. The summed E-state index contributed by atoms with van der Waals surface area (Å²) in [6.07, 6.45) is 1.21. The number of amides is 1. The number of aromatic nitrogens is 3. The van der Waals surface area contributed by atoms with Gasteiger partial charge in [0.05, 0.1) is 0 Å². The Hall–Kier alpha value is -2.90. The topological polar surface area (TPSA) is 128 Å². The molecule has 0 bridgehead atoms. The van der Waals surface area contributed by atoms with Gasteiger partial charge in [-0.25, -0.2) is 14.6 Å². The number of aromatic carboxylic acids is 1. The maximum absolute atomic E-state index is 11.6. The second-order valence-corrected chi connectivity index (χ2v) is 3.32. The van der Waals surface area contributed by atoms with Gasteiger partial charge in [0.1, 0.15) is 11.5 Å². The lowest BCUT2D eigenvalue weighted by atomic mass is 10.3. The smallest absolute Gasteiger partial charge is 0.354 e. The maximum atomic E-state index is 11.6. The van der Waals surface area contributed by atoms with Crippen LogP contribution in [0.15, 0.2) is 29.2 Å². The minimum atomic E-state index is -1.19. The Kier molecular flexibility index (Phi) is 2.92. The van der Waals surface area contributed by atoms with Gasteiger partial charge in [0.25, 0.3) is 5.91 Å². The maximum Gasteiger partial charge on any atom is 0.354 e. The Labute approximate surface area is 99.7 Å². The van der Waals surface area contributed by atoms with E-state index in [0.29, 0.717) is 0 Å². The van der Waals surface area contributed by atoms with Gasteiger partial charge >= 0.3 is 11.7 Å². The number of imidazole rings is 1. The van der Waals surface area contributed by atoms with Gasteiger partial charge in [0.15, 0.2) is 5.69 Å². The van der Waals surface area contributed by atoms with Gasteiger partial charge in [-0.2, -0.15) is 0 Å². The van der Waals surface area contributed by atoms with Crippen LogP contribution >= 0.6 is 0 Å². The molecule has 0 saturated carbocycles. The van der Waals surface area contributed by atoms with Crippen molar-refractivity contribution in [3.8, 4) is 0 Å². The van der Waals surface area contributed by atoms with Gasteiger partial charge in [-0.05, 0) is 12.1 Å². The van der Waals surface area contributed by atoms with Crippen molar-refractivity contribution in [2.45, 2.75) is 0 Å². The third-order valence-corrected chi connectivity index (χ3v) is 2.05. The Morgan fingerprint density at radius 2 is 2.11 bits per heavy atom. The van der Waals surface area contributed by atoms with Crippen molar-refractivity contribution in [1.29, 1.82) is 0 Å². The third-order valence-electron chi connectivity index (χ3n) is 2.05. The summed E-state index contributed by atoms with van der Waals surface area (Å²) >= 11 is 0. The molecule has 4 N–H and O–H groups in total. The van der Waals surface area contributed by atoms with E-state index < -0.39 is 17.6 Å². The van der Waals surface area contributed by atoms with E-state index >= 15 is 0 Å². The van der Waals surface area contributed by atoms with Crippen LogP contribution in [0.25, 0.3) is 0 Å². The molecule has 2 heterocycles. The molecule has 2 rings (SSSR count). The highest BCUT2D eigenvalue weighted by molar-refractivity contribution is 6.02. The molecule has 0 aliphatic rings. The first-order chi connectivity index (χ1) is 8.56. The normalized spacial score (nSPS) is 10.0. The zero-order chi connectivity index (χ0) is 13.1. The molecule has 8 heteroatoms. The quantitative estimate of drug-likeness (QED) is 0.610. The number of nitrogens with zero attached hydrogens (tertiary/aromatic N) is 1. The SMILES string of the molecule is O=C(O)c1cccc(NC(=O)c2c[nH]c(=O)[nH]2)n1. The predicted octanol–water partition coefficient (Wildman–Crippen LogP) is 0.0485. The van der Waals surface area contributed by atoms with Crippen molar-refractivity contribution < 1.29 is 14.7 Å². The number of carbonyl (C=O) groups excluding carboxylic acids is 1. The van der Waals surface area contributed by atoms with E-state index in [9.17, 15) is 14.4 Å². The Morgan fingerprint density at radius 3 is 2.72 bits per heavy atom. The number of aromatic amines is 2. The number of anilines is 1. The lowest BCUT2D eigenvalue weighted by Gasteiger charge is -2.02. The molecule has 2 aromatic heterocycles. The molecule has 0 unspecified atom stereocenters. The molecule has 0 spiro atoms. The number of hydrogen-bond acceptors (Lipinski definition) is 4. The Bertz CT molecular complexity index is 658. The molecule has 0 fully saturated rings. The summed E-state index contributed by atoms with van der Waals surface area (Å²) in [5.74, 6) is -1.70. The molecule has 0 saturated heterocycles. The summed E-state index contributed by atoms with van der Waals surface area (Å²) in [5.41, 5.74) is -0.662. The summed E-state index contributed by atoms with van der Waals surface area (Å²) < 4.78 is 0. The zero-order valence-electron chi connectivity index (χ0n) is 8.93. The fraction of sp³-hybridized carbons (Fsp3) is 0. The third kappa shape index (κ3) is 2.43. The number of nitrogens with one attached hydrogen (secondary N) is 3.